The molecule has 4 rings (SSSR count). The number of nitrogens with zero attached hydrogens (tertiary/aromatic N) is 1. The number of carboxylic acid groups (broad SMARTS) is 1. The Kier molecular flexibility index (Phi) is 7.33. The van der Waals surface area contributed by atoms with Gasteiger partial charge in [-0.05, 0) is 48.6 Å². The van der Waals surface area contributed by atoms with Crippen LogP contribution in [-0.2, 0) is 14.3 Å². The molecule has 4 atom stereocenters. The molecule has 8 heteroatoms. The number of carbonyl (C=O) groups excluding carboxylic acids is 2. The van der Waals surface area contributed by atoms with E-state index in [0.717, 1.165) is 16.0 Å². The largest absolute Gasteiger partial charge is 0.480 e. The van der Waals surface area contributed by atoms with Crippen LogP contribution in [0.2, 0.25) is 0 Å². The number of amides is 1. The Morgan fingerprint density at radius 1 is 1.11 bits per heavy atom. The zero-order valence-corrected chi connectivity index (χ0v) is 20.5. The second-order valence-corrected chi connectivity index (χ2v) is 9.52. The molecule has 1 fully saturated rings. The van der Waals surface area contributed by atoms with Gasteiger partial charge in [0.1, 0.15) is 18.4 Å². The van der Waals surface area contributed by atoms with E-state index >= 15 is 0 Å². The molecule has 0 bridgehead atoms. The minimum Gasteiger partial charge on any atom is -0.480 e. The number of hydrogen-bond acceptors (Lipinski definition) is 6. The maximum atomic E-state index is 13.9. The quantitative estimate of drug-likeness (QED) is 0.462. The summed E-state index contributed by atoms with van der Waals surface area (Å²) in [5, 5.41) is 12.2. The lowest BCUT2D eigenvalue weighted by Gasteiger charge is -2.27. The van der Waals surface area contributed by atoms with E-state index in [2.05, 4.69) is 0 Å². The van der Waals surface area contributed by atoms with Gasteiger partial charge in [0.2, 0.25) is 11.7 Å². The van der Waals surface area contributed by atoms with Crippen LogP contribution in [0.1, 0.15) is 38.2 Å². The fourth-order valence-corrected chi connectivity index (χ4v) is 5.91. The van der Waals surface area contributed by atoms with Crippen LogP contribution in [0.4, 0.5) is 0 Å². The van der Waals surface area contributed by atoms with E-state index in [1.165, 1.54) is 23.3 Å². The summed E-state index contributed by atoms with van der Waals surface area (Å²) < 4.78 is 10.7. The maximum absolute atomic E-state index is 13.9. The molecule has 0 saturated carbocycles. The van der Waals surface area contributed by atoms with Crippen molar-refractivity contribution in [2.24, 2.45) is 5.92 Å². The third kappa shape index (κ3) is 4.85. The minimum atomic E-state index is -1.24. The van der Waals surface area contributed by atoms with Gasteiger partial charge in [-0.3, -0.25) is 9.59 Å². The molecule has 2 aromatic heterocycles. The molecule has 3 aromatic rings. The Labute approximate surface area is 207 Å². The van der Waals surface area contributed by atoms with Crippen molar-refractivity contribution in [2.75, 3.05) is 13.7 Å². The third-order valence-corrected chi connectivity index (χ3v) is 7.42. The lowest BCUT2D eigenvalue weighted by molar-refractivity contribution is -0.151. The van der Waals surface area contributed by atoms with Gasteiger partial charge in [-0.1, -0.05) is 42.5 Å². The zero-order chi connectivity index (χ0) is 25.1. The molecule has 0 spiro atoms. The number of furan rings is 1. The average molecular weight is 494 g/mol. The smallest absolute Gasteiger partial charge is 0.327 e. The van der Waals surface area contributed by atoms with E-state index in [0.29, 0.717) is 5.76 Å². The summed E-state index contributed by atoms with van der Waals surface area (Å²) in [5.41, 5.74) is 1.75. The van der Waals surface area contributed by atoms with E-state index in [-0.39, 0.29) is 18.2 Å². The van der Waals surface area contributed by atoms with Gasteiger partial charge < -0.3 is 19.2 Å². The topological polar surface area (TPSA) is 97.0 Å². The Bertz CT molecular complexity index is 1240. The molecule has 1 aliphatic rings. The van der Waals surface area contributed by atoms with Crippen molar-refractivity contribution in [1.82, 2.24) is 4.90 Å². The molecule has 1 N–H and O–H groups in total. The normalized spacial score (nSPS) is 22.1. The van der Waals surface area contributed by atoms with Gasteiger partial charge in [0.15, 0.2) is 5.76 Å². The van der Waals surface area contributed by atoms with Crippen molar-refractivity contribution in [3.63, 3.8) is 0 Å². The number of methoxy groups -OCH3 is 1. The monoisotopic (exact) mass is 493 g/mol. The van der Waals surface area contributed by atoms with Crippen molar-refractivity contribution in [1.29, 1.82) is 0 Å². The molecule has 0 aliphatic carbocycles. The zero-order valence-electron chi connectivity index (χ0n) is 19.7. The highest BCUT2D eigenvalue weighted by molar-refractivity contribution is 7.10. The number of ether oxygens (including phenoxy) is 1. The molecule has 1 aliphatic heterocycles. The molecule has 7 nitrogen and oxygen atoms in total. The van der Waals surface area contributed by atoms with Crippen LogP contribution in [-0.4, -0.2) is 53.5 Å². The highest BCUT2D eigenvalue weighted by atomic mass is 32.1. The molecule has 1 saturated heterocycles. The summed E-state index contributed by atoms with van der Waals surface area (Å²) in [4.78, 5) is 41.9. The number of aliphatic carboxylic acids is 1. The summed E-state index contributed by atoms with van der Waals surface area (Å²) in [6, 6.07) is 12.6. The predicted molar refractivity (Wildman–Crippen MR) is 132 cm³/mol. The number of carbonyl (C=O) groups is 3. The van der Waals surface area contributed by atoms with E-state index < -0.39 is 35.8 Å². The molecule has 1 amide bonds. The second-order valence-electron chi connectivity index (χ2n) is 8.57. The van der Waals surface area contributed by atoms with Gasteiger partial charge in [-0.15, -0.1) is 11.3 Å². The average Bonchev–Trinajstić information content (AvgIpc) is 3.54. The van der Waals surface area contributed by atoms with Crippen LogP contribution < -0.4 is 0 Å². The SMILES string of the molecule is COCC(=O)N1C(C=Cc2ccccc2)C(C(=O)c2ccc(C)o2)C(c2sccc2C)C1C(=O)O. The standard InChI is InChI=1S/C27H27NO6S/c1-16-13-14-35-26(16)23-22(25(30)20-12-9-17(2)34-20)19(11-10-18-7-5-4-6-8-18)28(21(29)15-33-3)24(23)27(31)32/h4-14,19,22-24H,15H2,1-3H3,(H,31,32). The lowest BCUT2D eigenvalue weighted by atomic mass is 9.80. The Balaban J connectivity index is 1.91. The molecule has 1 aromatic carbocycles. The van der Waals surface area contributed by atoms with Crippen molar-refractivity contribution >= 4 is 35.1 Å². The molecular weight excluding hydrogens is 466 g/mol. The van der Waals surface area contributed by atoms with Crippen molar-refractivity contribution in [3.8, 4) is 0 Å². The Morgan fingerprint density at radius 2 is 1.86 bits per heavy atom. The summed E-state index contributed by atoms with van der Waals surface area (Å²) in [6.07, 6.45) is 3.56. The number of rotatable bonds is 8. The molecular formula is C27H27NO6S. The van der Waals surface area contributed by atoms with Crippen LogP contribution in [0.5, 0.6) is 0 Å². The highest BCUT2D eigenvalue weighted by Gasteiger charge is 2.57. The summed E-state index contributed by atoms with van der Waals surface area (Å²) in [6.45, 7) is 3.34. The third-order valence-electron chi connectivity index (χ3n) is 6.30. The Hall–Kier alpha value is -3.49. The molecule has 182 valence electrons. The van der Waals surface area contributed by atoms with Gasteiger partial charge in [0.05, 0.1) is 12.0 Å². The number of Topliss-reactive ketones (excluding diaryl/α,β-unsaturated/α-hetero) is 1. The first-order valence-electron chi connectivity index (χ1n) is 11.2. The van der Waals surface area contributed by atoms with E-state index in [4.69, 9.17) is 9.15 Å². The number of hydrogen-bond donors (Lipinski definition) is 1. The van der Waals surface area contributed by atoms with Gasteiger partial charge in [-0.25, -0.2) is 4.79 Å². The van der Waals surface area contributed by atoms with Crippen LogP contribution in [0.3, 0.4) is 0 Å². The van der Waals surface area contributed by atoms with Gasteiger partial charge in [-0.2, -0.15) is 0 Å². The summed E-state index contributed by atoms with van der Waals surface area (Å²) in [7, 11) is 1.38. The van der Waals surface area contributed by atoms with E-state index in [9.17, 15) is 19.5 Å². The van der Waals surface area contributed by atoms with Crippen LogP contribution >= 0.6 is 11.3 Å². The lowest BCUT2D eigenvalue weighted by Crippen LogP contribution is -2.47. The number of carboxylic acids is 1. The Morgan fingerprint density at radius 3 is 2.43 bits per heavy atom. The second kappa shape index (κ2) is 10.4. The fraction of sp³-hybridized carbons (Fsp3) is 0.296. The minimum absolute atomic E-state index is 0.148. The molecule has 4 unspecified atom stereocenters. The first-order chi connectivity index (χ1) is 16.8. The molecule has 35 heavy (non-hydrogen) atoms. The van der Waals surface area contributed by atoms with Gasteiger partial charge in [0.25, 0.3) is 0 Å². The van der Waals surface area contributed by atoms with E-state index in [1.54, 1.807) is 25.1 Å². The summed E-state index contributed by atoms with van der Waals surface area (Å²) in [5.74, 6) is -2.89. The van der Waals surface area contributed by atoms with Gasteiger partial charge >= 0.3 is 5.97 Å². The predicted octanol–water partition coefficient (Wildman–Crippen LogP) is 4.56. The van der Waals surface area contributed by atoms with Crippen LogP contribution in [0.15, 0.2) is 64.4 Å². The number of benzene rings is 1. The van der Waals surface area contributed by atoms with Gasteiger partial charge in [0, 0.05) is 17.9 Å². The van der Waals surface area contributed by atoms with Crippen molar-refractivity contribution < 1.29 is 28.6 Å². The number of thiophene rings is 1. The van der Waals surface area contributed by atoms with Crippen LogP contribution in [0, 0.1) is 19.8 Å². The molecule has 3 heterocycles. The van der Waals surface area contributed by atoms with Crippen LogP contribution in [0.25, 0.3) is 6.08 Å². The maximum Gasteiger partial charge on any atom is 0.327 e. The number of aryl methyl sites for hydroxylation is 2. The molecule has 0 radical (unpaired) electrons. The first-order valence-corrected chi connectivity index (χ1v) is 12.1. The fourth-order valence-electron chi connectivity index (χ4n) is 4.80. The van der Waals surface area contributed by atoms with Crippen molar-refractivity contribution in [2.45, 2.75) is 31.8 Å². The van der Waals surface area contributed by atoms with E-state index in [1.807, 2.05) is 54.8 Å². The summed E-state index contributed by atoms with van der Waals surface area (Å²) >= 11 is 1.39. The number of ketones is 1. The highest BCUT2D eigenvalue weighted by Crippen LogP contribution is 2.47. The van der Waals surface area contributed by atoms with Crippen molar-refractivity contribution in [3.05, 3.63) is 87.5 Å². The first kappa shape index (κ1) is 24.6. The number of likely N-dealkylation sites (tertiary alicyclic amines) is 1.